The molecule has 6 nitrogen and oxygen atoms in total. The molecule has 1 aromatic carbocycles. The van der Waals surface area contributed by atoms with Gasteiger partial charge >= 0.3 is 5.97 Å². The number of carbonyl (C=O) groups excluding carboxylic acids is 4. The lowest BCUT2D eigenvalue weighted by Crippen LogP contribution is -2.28. The van der Waals surface area contributed by atoms with Gasteiger partial charge in [0.15, 0.2) is 5.78 Å². The van der Waals surface area contributed by atoms with Crippen molar-refractivity contribution in [1.82, 2.24) is 4.90 Å². The number of ether oxygens (including phenoxy) is 1. The van der Waals surface area contributed by atoms with Crippen LogP contribution in [-0.2, 0) is 14.3 Å². The molecular formula is C14H17NO5. The average Bonchev–Trinajstić information content (AvgIpc) is 2.53. The lowest BCUT2D eigenvalue weighted by molar-refractivity contribution is -0.128. The first-order chi connectivity index (χ1) is 9.63. The van der Waals surface area contributed by atoms with Crippen LogP contribution in [0.1, 0.15) is 34.6 Å². The molecule has 0 heterocycles. The molecule has 2 amide bonds. The molecular weight excluding hydrogens is 262 g/mol. The molecule has 1 rings (SSSR count). The first-order valence-electron chi connectivity index (χ1n) is 6.01. The van der Waals surface area contributed by atoms with E-state index in [0.717, 1.165) is 0 Å². The van der Waals surface area contributed by atoms with Crippen molar-refractivity contribution in [2.45, 2.75) is 13.8 Å². The van der Waals surface area contributed by atoms with Crippen LogP contribution in [0.15, 0.2) is 24.3 Å². The minimum Gasteiger partial charge on any atom is -0.465 e. The Labute approximate surface area is 117 Å². The molecule has 20 heavy (non-hydrogen) atoms. The molecule has 0 radical (unpaired) electrons. The number of amides is 2. The minimum absolute atomic E-state index is 0.0988. The standard InChI is InChI=1S/C12H11NO5.C2H6/c1-18-12(17)10-5-3-2-4-9(10)11(16)6-13(7-14)8-15;1-2/h2-5,7-8H,6H2,1H3;1-2H3. The van der Waals surface area contributed by atoms with Gasteiger partial charge in [-0.3, -0.25) is 19.3 Å². The molecule has 0 saturated heterocycles. The monoisotopic (exact) mass is 279 g/mol. The SMILES string of the molecule is CC.COC(=O)c1ccccc1C(=O)CN(C=O)C=O. The van der Waals surface area contributed by atoms with Crippen LogP contribution >= 0.6 is 0 Å². The van der Waals surface area contributed by atoms with Crippen molar-refractivity contribution in [1.29, 1.82) is 0 Å². The van der Waals surface area contributed by atoms with Crippen molar-refractivity contribution in [2.24, 2.45) is 0 Å². The summed E-state index contributed by atoms with van der Waals surface area (Å²) in [7, 11) is 1.20. The molecule has 0 saturated carbocycles. The zero-order chi connectivity index (χ0) is 15.5. The molecule has 0 aliphatic heterocycles. The third-order valence-electron chi connectivity index (χ3n) is 2.23. The van der Waals surface area contributed by atoms with E-state index in [1.165, 1.54) is 19.2 Å². The lowest BCUT2D eigenvalue weighted by Gasteiger charge is -2.10. The van der Waals surface area contributed by atoms with E-state index in [1.807, 2.05) is 13.8 Å². The van der Waals surface area contributed by atoms with Gasteiger partial charge in [-0.05, 0) is 6.07 Å². The van der Waals surface area contributed by atoms with Gasteiger partial charge in [-0.15, -0.1) is 0 Å². The summed E-state index contributed by atoms with van der Waals surface area (Å²) < 4.78 is 4.54. The number of hydrogen-bond donors (Lipinski definition) is 0. The molecule has 0 N–H and O–H groups in total. The Morgan fingerprint density at radius 1 is 1.10 bits per heavy atom. The van der Waals surface area contributed by atoms with Crippen molar-refractivity contribution >= 4 is 24.6 Å². The fourth-order valence-electron chi connectivity index (χ4n) is 1.36. The van der Waals surface area contributed by atoms with Gasteiger partial charge in [-0.1, -0.05) is 32.0 Å². The van der Waals surface area contributed by atoms with Crippen LogP contribution in [0.25, 0.3) is 0 Å². The van der Waals surface area contributed by atoms with E-state index in [0.29, 0.717) is 4.90 Å². The molecule has 0 aliphatic carbocycles. The van der Waals surface area contributed by atoms with E-state index < -0.39 is 18.3 Å². The molecule has 108 valence electrons. The zero-order valence-corrected chi connectivity index (χ0v) is 11.7. The summed E-state index contributed by atoms with van der Waals surface area (Å²) in [4.78, 5) is 44.8. The van der Waals surface area contributed by atoms with Gasteiger partial charge in [0.1, 0.15) is 0 Å². The first kappa shape index (κ1) is 17.5. The Kier molecular flexibility index (Phi) is 8.25. The van der Waals surface area contributed by atoms with Gasteiger partial charge in [0, 0.05) is 5.56 Å². The van der Waals surface area contributed by atoms with Gasteiger partial charge in [0.2, 0.25) is 12.8 Å². The minimum atomic E-state index is -0.650. The third kappa shape index (κ3) is 4.64. The number of carbonyl (C=O) groups is 4. The Hall–Kier alpha value is -2.50. The molecule has 1 aromatic rings. The fourth-order valence-corrected chi connectivity index (χ4v) is 1.36. The predicted molar refractivity (Wildman–Crippen MR) is 72.3 cm³/mol. The highest BCUT2D eigenvalue weighted by Crippen LogP contribution is 2.11. The summed E-state index contributed by atoms with van der Waals surface area (Å²) in [6.45, 7) is 3.58. The van der Waals surface area contributed by atoms with E-state index in [2.05, 4.69) is 4.74 Å². The highest BCUT2D eigenvalue weighted by molar-refractivity contribution is 6.08. The molecule has 0 fully saturated rings. The predicted octanol–water partition coefficient (Wildman–Crippen LogP) is 1.30. The van der Waals surface area contributed by atoms with Crippen LogP contribution in [0.3, 0.4) is 0 Å². The van der Waals surface area contributed by atoms with Crippen molar-refractivity contribution in [3.05, 3.63) is 35.4 Å². The summed E-state index contributed by atoms with van der Waals surface area (Å²) in [6.07, 6.45) is 0.483. The van der Waals surface area contributed by atoms with E-state index in [1.54, 1.807) is 12.1 Å². The topological polar surface area (TPSA) is 80.8 Å². The first-order valence-corrected chi connectivity index (χ1v) is 6.01. The molecule has 0 aliphatic rings. The zero-order valence-electron chi connectivity index (χ0n) is 11.7. The number of Topliss-reactive ketones (excluding diaryl/α,β-unsaturated/α-hetero) is 1. The Morgan fingerprint density at radius 2 is 1.60 bits per heavy atom. The van der Waals surface area contributed by atoms with Crippen LogP contribution < -0.4 is 0 Å². The third-order valence-corrected chi connectivity index (χ3v) is 2.23. The van der Waals surface area contributed by atoms with Crippen molar-refractivity contribution < 1.29 is 23.9 Å². The molecule has 0 unspecified atom stereocenters. The summed E-state index contributed by atoms with van der Waals surface area (Å²) >= 11 is 0. The Bertz CT molecular complexity index is 476. The number of benzene rings is 1. The number of imide groups is 1. The van der Waals surface area contributed by atoms with Crippen molar-refractivity contribution in [2.75, 3.05) is 13.7 Å². The Balaban J connectivity index is 0.00000172. The maximum Gasteiger partial charge on any atom is 0.338 e. The summed E-state index contributed by atoms with van der Waals surface area (Å²) in [5, 5.41) is 0. The number of nitrogens with zero attached hydrogens (tertiary/aromatic N) is 1. The van der Waals surface area contributed by atoms with Gasteiger partial charge in [0.25, 0.3) is 0 Å². The van der Waals surface area contributed by atoms with Crippen LogP contribution in [0.5, 0.6) is 0 Å². The smallest absolute Gasteiger partial charge is 0.338 e. The molecule has 0 aromatic heterocycles. The molecule has 0 atom stereocenters. The number of methoxy groups -OCH3 is 1. The highest BCUT2D eigenvalue weighted by Gasteiger charge is 2.18. The number of hydrogen-bond acceptors (Lipinski definition) is 5. The van der Waals surface area contributed by atoms with Crippen LogP contribution in [-0.4, -0.2) is 43.1 Å². The van der Waals surface area contributed by atoms with Gasteiger partial charge in [0.05, 0.1) is 19.2 Å². The summed E-state index contributed by atoms with van der Waals surface area (Å²) in [5.41, 5.74) is 0.208. The van der Waals surface area contributed by atoms with Crippen molar-refractivity contribution in [3.63, 3.8) is 0 Å². The van der Waals surface area contributed by atoms with Crippen LogP contribution in [0.2, 0.25) is 0 Å². The van der Waals surface area contributed by atoms with Crippen molar-refractivity contribution in [3.8, 4) is 0 Å². The largest absolute Gasteiger partial charge is 0.465 e. The second-order valence-corrected chi connectivity index (χ2v) is 3.34. The van der Waals surface area contributed by atoms with Crippen LogP contribution in [0.4, 0.5) is 0 Å². The van der Waals surface area contributed by atoms with E-state index >= 15 is 0 Å². The average molecular weight is 279 g/mol. The van der Waals surface area contributed by atoms with Gasteiger partial charge < -0.3 is 4.74 Å². The van der Waals surface area contributed by atoms with Gasteiger partial charge in [-0.25, -0.2) is 4.79 Å². The molecule has 0 bridgehead atoms. The fraction of sp³-hybridized carbons (Fsp3) is 0.286. The highest BCUT2D eigenvalue weighted by atomic mass is 16.5. The second-order valence-electron chi connectivity index (χ2n) is 3.34. The maximum absolute atomic E-state index is 11.8. The molecule has 0 spiro atoms. The number of ketones is 1. The van der Waals surface area contributed by atoms with Gasteiger partial charge in [-0.2, -0.15) is 0 Å². The quantitative estimate of drug-likeness (QED) is 0.445. The summed E-state index contributed by atoms with van der Waals surface area (Å²) in [5.74, 6) is -1.17. The molecule has 6 heteroatoms. The number of esters is 1. The van der Waals surface area contributed by atoms with Crippen LogP contribution in [0, 0.1) is 0 Å². The van der Waals surface area contributed by atoms with E-state index in [4.69, 9.17) is 0 Å². The normalized spacial score (nSPS) is 8.75. The maximum atomic E-state index is 11.8. The lowest BCUT2D eigenvalue weighted by atomic mass is 10.0. The van der Waals surface area contributed by atoms with E-state index in [9.17, 15) is 19.2 Å². The summed E-state index contributed by atoms with van der Waals surface area (Å²) in [6, 6.07) is 6.03. The Morgan fingerprint density at radius 3 is 2.05 bits per heavy atom. The second kappa shape index (κ2) is 9.43. The van der Waals surface area contributed by atoms with E-state index in [-0.39, 0.29) is 23.9 Å². The number of rotatable bonds is 6.